The van der Waals surface area contributed by atoms with Crippen molar-refractivity contribution in [1.29, 1.82) is 0 Å². The number of carbonyl (C=O) groups is 3. The van der Waals surface area contributed by atoms with Crippen LogP contribution in [0.3, 0.4) is 0 Å². The lowest BCUT2D eigenvalue weighted by Gasteiger charge is -2.33. The number of carbonyl (C=O) groups excluding carboxylic acids is 3. The predicted molar refractivity (Wildman–Crippen MR) is 96.7 cm³/mol. The van der Waals surface area contributed by atoms with Crippen LogP contribution in [-0.4, -0.2) is 34.9 Å². The summed E-state index contributed by atoms with van der Waals surface area (Å²) in [4.78, 5) is 37.1. The van der Waals surface area contributed by atoms with Gasteiger partial charge in [-0.3, -0.25) is 15.0 Å². The van der Waals surface area contributed by atoms with Gasteiger partial charge in [-0.15, -0.1) is 0 Å². The highest BCUT2D eigenvalue weighted by Gasteiger charge is 2.52. The van der Waals surface area contributed by atoms with Gasteiger partial charge in [-0.25, -0.2) is 13.6 Å². The fraction of sp³-hybridized carbons (Fsp3) is 0.526. The molecule has 1 aromatic rings. The first kappa shape index (κ1) is 20.2. The summed E-state index contributed by atoms with van der Waals surface area (Å²) >= 11 is 0. The van der Waals surface area contributed by atoms with Gasteiger partial charge in [-0.05, 0) is 56.2 Å². The average Bonchev–Trinajstić information content (AvgIpc) is 2.89. The van der Waals surface area contributed by atoms with Crippen molar-refractivity contribution < 1.29 is 23.2 Å². The molecule has 1 spiro atoms. The topological polar surface area (TPSA) is 90.5 Å². The van der Waals surface area contributed by atoms with E-state index in [1.165, 1.54) is 6.07 Å². The molecule has 0 aromatic heterocycles. The van der Waals surface area contributed by atoms with Crippen LogP contribution in [0.2, 0.25) is 0 Å². The first-order chi connectivity index (χ1) is 13.2. The molecule has 0 bridgehead atoms. The van der Waals surface area contributed by atoms with E-state index >= 15 is 0 Å². The SMILES string of the molecule is CC1CCC2(CC1)NC(=O)N(NC(=O)CN[C@@H](C)c1ccc(F)c(F)c1)C2=O. The summed E-state index contributed by atoms with van der Waals surface area (Å²) in [5, 5.41) is 6.32. The Morgan fingerprint density at radius 3 is 2.61 bits per heavy atom. The number of rotatable bonds is 5. The molecule has 1 heterocycles. The number of imide groups is 1. The third kappa shape index (κ3) is 3.99. The summed E-state index contributed by atoms with van der Waals surface area (Å²) in [5.74, 6) is -2.44. The van der Waals surface area contributed by atoms with Crippen molar-refractivity contribution in [2.24, 2.45) is 5.92 Å². The van der Waals surface area contributed by atoms with Gasteiger partial charge in [0, 0.05) is 6.04 Å². The van der Waals surface area contributed by atoms with Crippen molar-refractivity contribution in [3.05, 3.63) is 35.4 Å². The fourth-order valence-corrected chi connectivity index (χ4v) is 3.63. The van der Waals surface area contributed by atoms with Crippen LogP contribution in [0.15, 0.2) is 18.2 Å². The number of urea groups is 1. The monoisotopic (exact) mass is 394 g/mol. The van der Waals surface area contributed by atoms with E-state index in [9.17, 15) is 23.2 Å². The third-order valence-corrected chi connectivity index (χ3v) is 5.54. The van der Waals surface area contributed by atoms with Gasteiger partial charge in [0.15, 0.2) is 11.6 Å². The predicted octanol–water partition coefficient (Wildman–Crippen LogP) is 2.15. The number of hydrogen-bond acceptors (Lipinski definition) is 4. The molecule has 28 heavy (non-hydrogen) atoms. The standard InChI is InChI=1S/C19H24F2N4O3/c1-11-5-7-19(8-6-11)17(27)25(18(28)23-19)24-16(26)10-22-12(2)13-3-4-14(20)15(21)9-13/h3-4,9,11-12,22H,5-8,10H2,1-2H3,(H,23,28)(H,24,26)/t11?,12-,19?/m0/s1. The van der Waals surface area contributed by atoms with Crippen LogP contribution in [0.25, 0.3) is 0 Å². The fourth-order valence-electron chi connectivity index (χ4n) is 3.63. The van der Waals surface area contributed by atoms with E-state index in [-0.39, 0.29) is 6.54 Å². The van der Waals surface area contributed by atoms with Crippen LogP contribution >= 0.6 is 0 Å². The Bertz CT molecular complexity index is 793. The molecule has 1 atom stereocenters. The number of amides is 4. The van der Waals surface area contributed by atoms with E-state index in [4.69, 9.17) is 0 Å². The molecule has 152 valence electrons. The summed E-state index contributed by atoms with van der Waals surface area (Å²) in [6, 6.07) is 2.41. The molecule has 3 rings (SSSR count). The summed E-state index contributed by atoms with van der Waals surface area (Å²) in [7, 11) is 0. The van der Waals surface area contributed by atoms with E-state index in [0.717, 1.165) is 30.0 Å². The van der Waals surface area contributed by atoms with Gasteiger partial charge in [0.1, 0.15) is 5.54 Å². The maximum absolute atomic E-state index is 13.3. The number of nitrogens with zero attached hydrogens (tertiary/aromatic N) is 1. The highest BCUT2D eigenvalue weighted by atomic mass is 19.2. The maximum Gasteiger partial charge on any atom is 0.344 e. The van der Waals surface area contributed by atoms with E-state index in [2.05, 4.69) is 23.0 Å². The average molecular weight is 394 g/mol. The maximum atomic E-state index is 13.3. The highest BCUT2D eigenvalue weighted by Crippen LogP contribution is 2.35. The molecule has 1 saturated heterocycles. The second kappa shape index (κ2) is 7.83. The van der Waals surface area contributed by atoms with Crippen LogP contribution in [0.5, 0.6) is 0 Å². The summed E-state index contributed by atoms with van der Waals surface area (Å²) in [5.41, 5.74) is 1.87. The van der Waals surface area contributed by atoms with Crippen LogP contribution in [0.4, 0.5) is 13.6 Å². The molecule has 3 N–H and O–H groups in total. The number of hydrazine groups is 1. The summed E-state index contributed by atoms with van der Waals surface area (Å²) in [6.07, 6.45) is 2.77. The largest absolute Gasteiger partial charge is 0.344 e. The van der Waals surface area contributed by atoms with Gasteiger partial charge in [-0.1, -0.05) is 13.0 Å². The third-order valence-electron chi connectivity index (χ3n) is 5.54. The van der Waals surface area contributed by atoms with Crippen molar-refractivity contribution in [2.45, 2.75) is 51.1 Å². The van der Waals surface area contributed by atoms with Crippen molar-refractivity contribution in [2.75, 3.05) is 6.54 Å². The first-order valence-corrected chi connectivity index (χ1v) is 9.36. The zero-order chi connectivity index (χ0) is 20.5. The molecule has 0 radical (unpaired) electrons. The Labute approximate surface area is 161 Å². The van der Waals surface area contributed by atoms with Gasteiger partial charge in [0.2, 0.25) is 0 Å². The lowest BCUT2D eigenvalue weighted by atomic mass is 9.77. The van der Waals surface area contributed by atoms with E-state index in [1.54, 1.807) is 6.92 Å². The van der Waals surface area contributed by atoms with Gasteiger partial charge >= 0.3 is 6.03 Å². The van der Waals surface area contributed by atoms with Gasteiger partial charge in [0.25, 0.3) is 11.8 Å². The second-order valence-corrected chi connectivity index (χ2v) is 7.65. The quantitative estimate of drug-likeness (QED) is 0.668. The molecule has 1 aliphatic heterocycles. The second-order valence-electron chi connectivity index (χ2n) is 7.65. The first-order valence-electron chi connectivity index (χ1n) is 9.36. The van der Waals surface area contributed by atoms with Crippen LogP contribution < -0.4 is 16.1 Å². The van der Waals surface area contributed by atoms with Crippen LogP contribution in [-0.2, 0) is 9.59 Å². The van der Waals surface area contributed by atoms with Gasteiger partial charge in [0.05, 0.1) is 6.54 Å². The van der Waals surface area contributed by atoms with E-state index < -0.39 is 41.1 Å². The molecular weight excluding hydrogens is 370 g/mol. The Kier molecular flexibility index (Phi) is 5.64. The molecule has 0 unspecified atom stereocenters. The Balaban J connectivity index is 1.55. The van der Waals surface area contributed by atoms with E-state index in [0.29, 0.717) is 24.3 Å². The van der Waals surface area contributed by atoms with Crippen LogP contribution in [0, 0.1) is 17.6 Å². The number of benzene rings is 1. The minimum atomic E-state index is -0.970. The van der Waals surface area contributed by atoms with Crippen molar-refractivity contribution in [1.82, 2.24) is 21.1 Å². The number of halogens is 2. The molecule has 9 heteroatoms. The highest BCUT2D eigenvalue weighted by molar-refractivity contribution is 6.08. The van der Waals surface area contributed by atoms with Crippen molar-refractivity contribution in [3.8, 4) is 0 Å². The number of hydrogen-bond donors (Lipinski definition) is 3. The minimum absolute atomic E-state index is 0.207. The van der Waals surface area contributed by atoms with Gasteiger partial charge in [-0.2, -0.15) is 5.01 Å². The van der Waals surface area contributed by atoms with Crippen LogP contribution in [0.1, 0.15) is 51.1 Å². The summed E-state index contributed by atoms with van der Waals surface area (Å²) < 4.78 is 26.3. The molecule has 1 saturated carbocycles. The van der Waals surface area contributed by atoms with Crippen molar-refractivity contribution in [3.63, 3.8) is 0 Å². The molecule has 4 amide bonds. The number of nitrogens with one attached hydrogen (secondary N) is 3. The van der Waals surface area contributed by atoms with E-state index in [1.807, 2.05) is 0 Å². The molecular formula is C19H24F2N4O3. The van der Waals surface area contributed by atoms with Crippen molar-refractivity contribution >= 4 is 17.8 Å². The van der Waals surface area contributed by atoms with Gasteiger partial charge < -0.3 is 10.6 Å². The molecule has 2 aliphatic rings. The lowest BCUT2D eigenvalue weighted by Crippen LogP contribution is -2.52. The molecule has 1 aliphatic carbocycles. The molecule has 2 fully saturated rings. The zero-order valence-electron chi connectivity index (χ0n) is 15.9. The lowest BCUT2D eigenvalue weighted by molar-refractivity contribution is -0.139. The zero-order valence-corrected chi connectivity index (χ0v) is 15.9. The Hall–Kier alpha value is -2.55. The normalized spacial score (nSPS) is 25.7. The Morgan fingerprint density at radius 2 is 1.96 bits per heavy atom. The minimum Gasteiger partial charge on any atom is -0.322 e. The molecule has 7 nitrogen and oxygen atoms in total. The summed E-state index contributed by atoms with van der Waals surface area (Å²) in [6.45, 7) is 3.58. The molecule has 1 aromatic carbocycles. The Morgan fingerprint density at radius 1 is 1.29 bits per heavy atom. The smallest absolute Gasteiger partial charge is 0.322 e.